The number of carbonyl (C=O) groups excluding carboxylic acids is 1. The molecule has 1 aliphatic rings. The second kappa shape index (κ2) is 7.42. The zero-order valence-corrected chi connectivity index (χ0v) is 7.98. The van der Waals surface area contributed by atoms with Crippen LogP contribution in [0.4, 0.5) is 0 Å². The summed E-state index contributed by atoms with van der Waals surface area (Å²) < 4.78 is 0. The molecule has 0 atom stereocenters. The first-order chi connectivity index (χ1) is 4.85. The molecule has 0 aromatic carbocycles. The summed E-state index contributed by atoms with van der Waals surface area (Å²) in [6, 6.07) is 0. The molecule has 0 aliphatic heterocycles. The molecular weight excluding hydrogens is 210 g/mol. The maximum absolute atomic E-state index is 9.90. The topological polar surface area (TPSA) is 17.1 Å². The van der Waals surface area contributed by atoms with Gasteiger partial charge in [-0.15, -0.1) is 0 Å². The number of hydrogen-bond acceptors (Lipinski definition) is 1. The summed E-state index contributed by atoms with van der Waals surface area (Å²) in [7, 11) is 9.72. The van der Waals surface area contributed by atoms with Gasteiger partial charge in [0.2, 0.25) is 0 Å². The quantitative estimate of drug-likeness (QED) is 0.614. The van der Waals surface area contributed by atoms with E-state index in [1.54, 1.807) is 0 Å². The van der Waals surface area contributed by atoms with Crippen molar-refractivity contribution in [2.75, 3.05) is 0 Å². The van der Waals surface area contributed by atoms with Gasteiger partial charge in [0.1, 0.15) is 6.29 Å². The van der Waals surface area contributed by atoms with Crippen LogP contribution in [-0.2, 0) is 19.2 Å². The van der Waals surface area contributed by atoms with Gasteiger partial charge in [-0.1, -0.05) is 24.3 Å². The molecule has 0 N–H and O–H groups in total. The summed E-state index contributed by atoms with van der Waals surface area (Å²) >= 11 is -0.368. The van der Waals surface area contributed by atoms with Crippen LogP contribution in [-0.4, -0.2) is 6.29 Å². The predicted octanol–water partition coefficient (Wildman–Crippen LogP) is 2.30. The second-order valence-corrected chi connectivity index (χ2v) is 3.85. The van der Waals surface area contributed by atoms with Crippen LogP contribution >= 0.6 is 19.7 Å². The van der Waals surface area contributed by atoms with Gasteiger partial charge in [-0.25, -0.2) is 0 Å². The Morgan fingerprint density at radius 2 is 1.70 bits per heavy atom. The third-order valence-corrected chi connectivity index (χ3v) is 0.935. The maximum atomic E-state index is 9.90. The molecule has 55 valence electrons. The van der Waals surface area contributed by atoms with E-state index in [4.69, 9.17) is 19.7 Å². The number of aldehydes is 1. The fourth-order valence-electron chi connectivity index (χ4n) is 0.540. The molecular formula is C6H6Cl2OV. The molecule has 0 aromatic heterocycles. The Bertz CT molecular complexity index is 133. The molecule has 0 amide bonds. The molecule has 0 aromatic rings. The Hall–Kier alpha value is 0.314. The summed E-state index contributed by atoms with van der Waals surface area (Å²) in [5.41, 5.74) is 0. The fraction of sp³-hybridized carbons (Fsp3) is 0.167. The average Bonchev–Trinajstić information content (AvgIpc) is 2.39. The normalized spacial score (nSPS) is 14.2. The summed E-state index contributed by atoms with van der Waals surface area (Å²) in [5.74, 6) is 0.0556. The molecule has 0 bridgehead atoms. The minimum atomic E-state index is -0.368. The Kier molecular flexibility index (Phi) is 7.66. The van der Waals surface area contributed by atoms with E-state index < -0.39 is 0 Å². The van der Waals surface area contributed by atoms with Gasteiger partial charge in [0.05, 0.1) is 5.92 Å². The molecule has 1 aliphatic carbocycles. The molecule has 1 rings (SSSR count). The fourth-order valence-corrected chi connectivity index (χ4v) is 0.540. The first-order valence-corrected chi connectivity index (χ1v) is 6.42. The Morgan fingerprint density at radius 1 is 1.30 bits per heavy atom. The standard InChI is InChI=1S/C6H6O.2ClH.V/c7-5-6-3-1-2-4-6;;;/h1-6H;2*1H;/q;;;+2/p-2. The van der Waals surface area contributed by atoms with Gasteiger partial charge in [-0.2, -0.15) is 0 Å². The van der Waals surface area contributed by atoms with Gasteiger partial charge < -0.3 is 4.79 Å². The summed E-state index contributed by atoms with van der Waals surface area (Å²) in [6.45, 7) is 0. The Balaban J connectivity index is 0.000000236. The van der Waals surface area contributed by atoms with Gasteiger partial charge in [0.25, 0.3) is 0 Å². The van der Waals surface area contributed by atoms with Gasteiger partial charge in [-0.3, -0.25) is 0 Å². The molecule has 10 heavy (non-hydrogen) atoms. The Labute approximate surface area is 75.4 Å². The van der Waals surface area contributed by atoms with Crippen molar-refractivity contribution in [2.24, 2.45) is 5.92 Å². The van der Waals surface area contributed by atoms with E-state index in [2.05, 4.69) is 0 Å². The molecule has 4 heteroatoms. The molecule has 0 saturated carbocycles. The van der Waals surface area contributed by atoms with E-state index in [1.165, 1.54) is 0 Å². The third-order valence-electron chi connectivity index (χ3n) is 0.935. The van der Waals surface area contributed by atoms with E-state index in [-0.39, 0.29) is 20.3 Å². The Morgan fingerprint density at radius 3 is 1.90 bits per heavy atom. The first kappa shape index (κ1) is 10.3. The van der Waals surface area contributed by atoms with Crippen LogP contribution < -0.4 is 0 Å². The first-order valence-electron chi connectivity index (χ1n) is 2.57. The van der Waals surface area contributed by atoms with E-state index in [0.29, 0.717) is 0 Å². The minimum absolute atomic E-state index is 0.0556. The van der Waals surface area contributed by atoms with Crippen molar-refractivity contribution in [3.63, 3.8) is 0 Å². The second-order valence-electron chi connectivity index (χ2n) is 1.55. The third kappa shape index (κ3) is 5.13. The van der Waals surface area contributed by atoms with Crippen molar-refractivity contribution in [2.45, 2.75) is 0 Å². The zero-order chi connectivity index (χ0) is 7.82. The number of allylic oxidation sites excluding steroid dienone is 4. The van der Waals surface area contributed by atoms with Crippen molar-refractivity contribution in [3.05, 3.63) is 24.3 Å². The molecule has 0 spiro atoms. The van der Waals surface area contributed by atoms with E-state index in [0.717, 1.165) is 6.29 Å². The van der Waals surface area contributed by atoms with E-state index in [9.17, 15) is 4.79 Å². The van der Waals surface area contributed by atoms with E-state index >= 15 is 0 Å². The number of rotatable bonds is 1. The van der Waals surface area contributed by atoms with Crippen LogP contribution in [0.2, 0.25) is 0 Å². The summed E-state index contributed by atoms with van der Waals surface area (Å²) in [5, 5.41) is 0. The summed E-state index contributed by atoms with van der Waals surface area (Å²) in [6.07, 6.45) is 8.37. The molecule has 0 unspecified atom stereocenters. The number of hydrogen-bond donors (Lipinski definition) is 0. The van der Waals surface area contributed by atoms with Crippen LogP contribution in [0.1, 0.15) is 0 Å². The molecule has 1 nitrogen and oxygen atoms in total. The van der Waals surface area contributed by atoms with Gasteiger partial charge >= 0.3 is 34.1 Å². The van der Waals surface area contributed by atoms with Crippen molar-refractivity contribution >= 4 is 26.0 Å². The van der Waals surface area contributed by atoms with Crippen molar-refractivity contribution in [1.29, 1.82) is 0 Å². The predicted molar refractivity (Wildman–Crippen MR) is 39.5 cm³/mol. The van der Waals surface area contributed by atoms with Crippen molar-refractivity contribution < 1.29 is 19.2 Å². The van der Waals surface area contributed by atoms with E-state index in [1.807, 2.05) is 24.3 Å². The van der Waals surface area contributed by atoms with Crippen molar-refractivity contribution in [3.8, 4) is 0 Å². The average molecular weight is 216 g/mol. The SMILES string of the molecule is O=CC1C=CC=C1.[Cl][V][Cl]. The van der Waals surface area contributed by atoms with Crippen LogP contribution in [0.25, 0.3) is 0 Å². The monoisotopic (exact) mass is 215 g/mol. The molecule has 0 heterocycles. The molecule has 0 saturated heterocycles. The number of carbonyl (C=O) groups is 1. The summed E-state index contributed by atoms with van der Waals surface area (Å²) in [4.78, 5) is 9.90. The van der Waals surface area contributed by atoms with Crippen LogP contribution in [0, 0.1) is 5.92 Å². The molecule has 0 radical (unpaired) electrons. The van der Waals surface area contributed by atoms with Gasteiger partial charge in [0.15, 0.2) is 0 Å². The van der Waals surface area contributed by atoms with Crippen LogP contribution in [0.5, 0.6) is 0 Å². The zero-order valence-electron chi connectivity index (χ0n) is 5.08. The molecule has 0 fully saturated rings. The van der Waals surface area contributed by atoms with Gasteiger partial charge in [-0.05, 0) is 0 Å². The van der Waals surface area contributed by atoms with Crippen LogP contribution in [0.15, 0.2) is 24.3 Å². The van der Waals surface area contributed by atoms with Crippen LogP contribution in [0.3, 0.4) is 0 Å². The van der Waals surface area contributed by atoms with Gasteiger partial charge in [0, 0.05) is 0 Å². The number of halogens is 2. The van der Waals surface area contributed by atoms with Crippen molar-refractivity contribution in [1.82, 2.24) is 0 Å².